The number of carbonyl (C=O) groups excluding carboxylic acids is 1. The molecule has 0 aliphatic carbocycles. The minimum Gasteiger partial charge on any atom is -0.385 e. The molecule has 0 atom stereocenters. The molecule has 4 rings (SSSR count). The highest BCUT2D eigenvalue weighted by molar-refractivity contribution is 6.30. The number of nitrogens with zero attached hydrogens (tertiary/aromatic N) is 1. The molecule has 0 aromatic heterocycles. The number of alkyl halides is 1. The number of benzene rings is 3. The van der Waals surface area contributed by atoms with Crippen LogP contribution in [0.3, 0.4) is 0 Å². The molecule has 178 valence electrons. The quantitative estimate of drug-likeness (QED) is 0.445. The van der Waals surface area contributed by atoms with Gasteiger partial charge in [0, 0.05) is 18.1 Å². The van der Waals surface area contributed by atoms with E-state index in [9.17, 15) is 14.3 Å². The summed E-state index contributed by atoms with van der Waals surface area (Å²) in [5.41, 5.74) is 0.645. The summed E-state index contributed by atoms with van der Waals surface area (Å²) in [6, 6.07) is 26.5. The third kappa shape index (κ3) is 5.02. The van der Waals surface area contributed by atoms with Gasteiger partial charge in [-0.15, -0.1) is 0 Å². The largest absolute Gasteiger partial charge is 0.385 e. The minimum atomic E-state index is -1.02. The van der Waals surface area contributed by atoms with Crippen LogP contribution in [0.5, 0.6) is 0 Å². The highest BCUT2D eigenvalue weighted by atomic mass is 35.5. The van der Waals surface area contributed by atoms with Gasteiger partial charge in [-0.3, -0.25) is 4.79 Å². The predicted octanol–water partition coefficient (Wildman–Crippen LogP) is 5.04. The Morgan fingerprint density at radius 1 is 0.941 bits per heavy atom. The van der Waals surface area contributed by atoms with Crippen molar-refractivity contribution in [3.05, 3.63) is 107 Å². The summed E-state index contributed by atoms with van der Waals surface area (Å²) >= 11 is 6.01. The van der Waals surface area contributed by atoms with Gasteiger partial charge in [-0.1, -0.05) is 84.4 Å². The Morgan fingerprint density at radius 2 is 1.47 bits per heavy atom. The van der Waals surface area contributed by atoms with E-state index in [-0.39, 0.29) is 5.91 Å². The minimum absolute atomic E-state index is 0.345. The summed E-state index contributed by atoms with van der Waals surface area (Å²) in [5, 5.41) is 14.3. The zero-order valence-electron chi connectivity index (χ0n) is 19.1. The van der Waals surface area contributed by atoms with Crippen molar-refractivity contribution in [2.45, 2.75) is 30.3 Å². The lowest BCUT2D eigenvalue weighted by molar-refractivity contribution is -0.126. The molecule has 0 bridgehead atoms. The van der Waals surface area contributed by atoms with E-state index in [2.05, 4.69) is 10.2 Å². The van der Waals surface area contributed by atoms with E-state index in [4.69, 9.17) is 11.6 Å². The molecule has 0 unspecified atom stereocenters. The standard InChI is InChI=1S/C28H30ClFN2O2/c29-25-13-11-22(12-14-25)27(34)15-18-32(19-16-27)20-17-28(26(33)31-21-30,23-7-3-1-4-8-23)24-9-5-2-6-10-24/h1-14,34H,15-21H2,(H,31,33)/i30-1. The Morgan fingerprint density at radius 3 is 1.97 bits per heavy atom. The van der Waals surface area contributed by atoms with Crippen LogP contribution >= 0.6 is 11.6 Å². The van der Waals surface area contributed by atoms with Gasteiger partial charge in [-0.2, -0.15) is 0 Å². The number of carbonyl (C=O) groups is 1. The van der Waals surface area contributed by atoms with Crippen LogP contribution in [-0.4, -0.2) is 42.3 Å². The molecule has 1 aliphatic heterocycles. The topological polar surface area (TPSA) is 52.6 Å². The first-order valence-corrected chi connectivity index (χ1v) is 12.0. The fourth-order valence-corrected chi connectivity index (χ4v) is 5.14. The van der Waals surface area contributed by atoms with Gasteiger partial charge in [0.2, 0.25) is 5.91 Å². The zero-order chi connectivity index (χ0) is 24.0. The molecule has 0 spiro atoms. The van der Waals surface area contributed by atoms with E-state index in [1.54, 1.807) is 12.1 Å². The lowest BCUT2D eigenvalue weighted by Gasteiger charge is -2.40. The molecule has 3 aromatic carbocycles. The smallest absolute Gasteiger partial charge is 0.237 e. The molecule has 4 nitrogen and oxygen atoms in total. The Hall–Kier alpha value is -2.73. The van der Waals surface area contributed by atoms with Crippen molar-refractivity contribution in [1.29, 1.82) is 0 Å². The van der Waals surface area contributed by atoms with Gasteiger partial charge >= 0.3 is 0 Å². The summed E-state index contributed by atoms with van der Waals surface area (Å²) in [5.74, 6) is -0.345. The van der Waals surface area contributed by atoms with E-state index in [1.165, 1.54) is 0 Å². The molecule has 1 aliphatic rings. The summed E-state index contributed by atoms with van der Waals surface area (Å²) in [4.78, 5) is 15.7. The Bertz CT molecular complexity index is 1030. The van der Waals surface area contributed by atoms with Crippen molar-refractivity contribution in [2.24, 2.45) is 0 Å². The maximum Gasteiger partial charge on any atom is 0.237 e. The highest BCUT2D eigenvalue weighted by Gasteiger charge is 2.42. The number of rotatable bonds is 8. The van der Waals surface area contributed by atoms with Crippen LogP contribution in [0, 0.1) is 0 Å². The molecule has 0 saturated carbocycles. The first-order chi connectivity index (χ1) is 16.5. The molecule has 6 heteroatoms. The fraction of sp³-hybridized carbons (Fsp3) is 0.321. The van der Waals surface area contributed by atoms with Gasteiger partial charge in [-0.05, 0) is 54.6 Å². The monoisotopic (exact) mass is 479 g/mol. The maximum absolute atomic E-state index is 13.4. The Labute approximate surface area is 205 Å². The Balaban J connectivity index is 1.56. The molecule has 3 aromatic rings. The number of halogens is 2. The number of piperidine rings is 1. The molecule has 1 saturated heterocycles. The van der Waals surface area contributed by atoms with Crippen molar-refractivity contribution in [3.63, 3.8) is 0 Å². The second-order valence-corrected chi connectivity index (χ2v) is 9.34. The molecule has 1 heterocycles. The van der Waals surface area contributed by atoms with Crippen molar-refractivity contribution in [1.82, 2.24) is 10.2 Å². The van der Waals surface area contributed by atoms with Crippen molar-refractivity contribution < 1.29 is 14.3 Å². The summed E-state index contributed by atoms with van der Waals surface area (Å²) in [6.45, 7) is 1.12. The van der Waals surface area contributed by atoms with E-state index in [1.807, 2.05) is 72.8 Å². The molecular formula is C28H30ClFN2O2. The fourth-order valence-electron chi connectivity index (χ4n) is 5.01. The van der Waals surface area contributed by atoms with E-state index in [0.29, 0.717) is 43.9 Å². The van der Waals surface area contributed by atoms with E-state index >= 15 is 0 Å². The zero-order valence-corrected chi connectivity index (χ0v) is 19.8. The van der Waals surface area contributed by atoms with Crippen LogP contribution in [0.15, 0.2) is 84.9 Å². The average molecular weight is 480 g/mol. The third-order valence-corrected chi connectivity index (χ3v) is 7.27. The van der Waals surface area contributed by atoms with Crippen LogP contribution in [0.4, 0.5) is 4.39 Å². The summed E-state index contributed by atoms with van der Waals surface area (Å²) in [6.07, 6.45) is 1.68. The molecule has 0 radical (unpaired) electrons. The highest BCUT2D eigenvalue weighted by Crippen LogP contribution is 2.38. The number of amides is 1. The van der Waals surface area contributed by atoms with Gasteiger partial charge in [0.05, 0.1) is 5.60 Å². The number of likely N-dealkylation sites (tertiary alicyclic amines) is 1. The van der Waals surface area contributed by atoms with Gasteiger partial charge < -0.3 is 15.3 Å². The lowest BCUT2D eigenvalue weighted by atomic mass is 9.71. The average Bonchev–Trinajstić information content (AvgIpc) is 2.87. The maximum atomic E-state index is 13.4. The molecule has 1 fully saturated rings. The first-order valence-electron chi connectivity index (χ1n) is 11.6. The van der Waals surface area contributed by atoms with Crippen LogP contribution in [0.1, 0.15) is 36.0 Å². The molecule has 2 N–H and O–H groups in total. The molecular weight excluding hydrogens is 450 g/mol. The van der Waals surface area contributed by atoms with Gasteiger partial charge in [0.25, 0.3) is 0 Å². The van der Waals surface area contributed by atoms with E-state index < -0.39 is 17.8 Å². The molecule has 34 heavy (non-hydrogen) atoms. The van der Waals surface area contributed by atoms with Crippen molar-refractivity contribution in [2.75, 3.05) is 26.4 Å². The van der Waals surface area contributed by atoms with Gasteiger partial charge in [0.1, 0.15) is 5.41 Å². The second-order valence-electron chi connectivity index (χ2n) is 8.91. The van der Waals surface area contributed by atoms with Crippen LogP contribution in [-0.2, 0) is 15.8 Å². The predicted molar refractivity (Wildman–Crippen MR) is 133 cm³/mol. The third-order valence-electron chi connectivity index (χ3n) is 7.02. The van der Waals surface area contributed by atoms with Crippen LogP contribution in [0.2, 0.25) is 5.02 Å². The van der Waals surface area contributed by atoms with Gasteiger partial charge in [-0.25, -0.2) is 4.39 Å². The number of hydrogen-bond donors (Lipinski definition) is 2. The lowest BCUT2D eigenvalue weighted by Crippen LogP contribution is -2.49. The number of aliphatic hydroxyl groups is 1. The normalized spacial score (nSPS) is 16.2. The molecule has 1 amide bonds. The second kappa shape index (κ2) is 10.7. The Kier molecular flexibility index (Phi) is 7.67. The van der Waals surface area contributed by atoms with Crippen LogP contribution in [0.25, 0.3) is 0 Å². The SMILES string of the molecule is O=C(NC[18F])C(CCN1CCC(O)(c2ccc(Cl)cc2)CC1)(c1ccccc1)c1ccccc1. The first kappa shape index (κ1) is 24.4. The van der Waals surface area contributed by atoms with Crippen molar-refractivity contribution >= 4 is 17.5 Å². The van der Waals surface area contributed by atoms with Gasteiger partial charge in [0.15, 0.2) is 6.80 Å². The summed E-state index contributed by atoms with van der Waals surface area (Å²) in [7, 11) is 0. The van der Waals surface area contributed by atoms with Crippen molar-refractivity contribution in [3.8, 4) is 0 Å². The van der Waals surface area contributed by atoms with E-state index in [0.717, 1.165) is 16.7 Å². The van der Waals surface area contributed by atoms with Crippen LogP contribution < -0.4 is 5.32 Å². The number of hydrogen-bond acceptors (Lipinski definition) is 3. The number of nitrogens with one attached hydrogen (secondary N) is 1. The summed E-state index contributed by atoms with van der Waals surface area (Å²) < 4.78 is 13.3.